The zero-order valence-electron chi connectivity index (χ0n) is 17.7. The van der Waals surface area contributed by atoms with E-state index in [1.807, 2.05) is 24.3 Å². The molecule has 4 rings (SSSR count). The summed E-state index contributed by atoms with van der Waals surface area (Å²) in [5.41, 5.74) is 1.97. The molecular weight excluding hydrogens is 494 g/mol. The molecule has 1 saturated carbocycles. The lowest BCUT2D eigenvalue weighted by atomic mass is 10.1. The predicted molar refractivity (Wildman–Crippen MR) is 122 cm³/mol. The second kappa shape index (κ2) is 9.76. The molecule has 180 valence electrons. The number of hydrogen-bond donors (Lipinski definition) is 2. The van der Waals surface area contributed by atoms with Gasteiger partial charge < -0.3 is 20.3 Å². The molecular formula is C23H20Cl2F3N3O3. The van der Waals surface area contributed by atoms with Gasteiger partial charge in [0, 0.05) is 28.8 Å². The van der Waals surface area contributed by atoms with E-state index in [2.05, 4.69) is 16.4 Å². The Kier molecular flexibility index (Phi) is 6.95. The van der Waals surface area contributed by atoms with E-state index in [4.69, 9.17) is 27.9 Å². The van der Waals surface area contributed by atoms with E-state index in [0.29, 0.717) is 5.02 Å². The van der Waals surface area contributed by atoms with Crippen LogP contribution in [0, 0.1) is 0 Å². The van der Waals surface area contributed by atoms with E-state index in [-0.39, 0.29) is 28.5 Å². The van der Waals surface area contributed by atoms with Crippen molar-refractivity contribution in [2.45, 2.75) is 37.6 Å². The smallest absolute Gasteiger partial charge is 0.471 e. The maximum atomic E-state index is 12.6. The average molecular weight is 514 g/mol. The van der Waals surface area contributed by atoms with Crippen molar-refractivity contribution in [3.63, 3.8) is 0 Å². The SMILES string of the molecule is O=C(COc1ccc(Cl)cc1NC(=O)C(F)(F)F)N[C@@H]1C[C@@H]2CC1=CN2Cc1ccc(Cl)cc1. The number of nitrogens with zero attached hydrogens (tertiary/aromatic N) is 1. The van der Waals surface area contributed by atoms with Gasteiger partial charge in [0.2, 0.25) is 0 Å². The van der Waals surface area contributed by atoms with Crippen LogP contribution in [0.5, 0.6) is 5.75 Å². The molecule has 1 heterocycles. The summed E-state index contributed by atoms with van der Waals surface area (Å²) in [6.45, 7) is 0.317. The number of benzene rings is 2. The third-order valence-electron chi connectivity index (χ3n) is 5.65. The first-order chi connectivity index (χ1) is 16.1. The number of anilines is 1. The normalized spacial score (nSPS) is 19.1. The number of rotatable bonds is 7. The third-order valence-corrected chi connectivity index (χ3v) is 6.13. The van der Waals surface area contributed by atoms with Crippen molar-refractivity contribution in [3.8, 4) is 5.75 Å². The van der Waals surface area contributed by atoms with Crippen LogP contribution < -0.4 is 15.4 Å². The van der Waals surface area contributed by atoms with Gasteiger partial charge in [-0.15, -0.1) is 0 Å². The Bertz CT molecular complexity index is 1120. The minimum atomic E-state index is -5.08. The first-order valence-electron chi connectivity index (χ1n) is 10.4. The third kappa shape index (κ3) is 5.77. The van der Waals surface area contributed by atoms with Gasteiger partial charge in [0.15, 0.2) is 6.61 Å². The number of halogens is 5. The van der Waals surface area contributed by atoms with Crippen molar-refractivity contribution in [3.05, 3.63) is 69.8 Å². The summed E-state index contributed by atoms with van der Waals surface area (Å²) in [6.07, 6.45) is -1.42. The van der Waals surface area contributed by atoms with E-state index >= 15 is 0 Å². The molecule has 1 aliphatic carbocycles. The molecule has 2 bridgehead atoms. The number of ether oxygens (including phenoxy) is 1. The highest BCUT2D eigenvalue weighted by Crippen LogP contribution is 2.37. The largest absolute Gasteiger partial charge is 0.482 e. The zero-order chi connectivity index (χ0) is 24.5. The molecule has 11 heteroatoms. The van der Waals surface area contributed by atoms with Gasteiger partial charge in [-0.3, -0.25) is 9.59 Å². The summed E-state index contributed by atoms with van der Waals surface area (Å²) >= 11 is 11.7. The van der Waals surface area contributed by atoms with Gasteiger partial charge in [-0.25, -0.2) is 0 Å². The maximum Gasteiger partial charge on any atom is 0.471 e. The number of nitrogens with one attached hydrogen (secondary N) is 2. The van der Waals surface area contributed by atoms with E-state index < -0.39 is 24.6 Å². The molecule has 2 atom stereocenters. The first kappa shape index (κ1) is 24.2. The Balaban J connectivity index is 1.31. The Morgan fingerprint density at radius 1 is 1.09 bits per heavy atom. The lowest BCUT2D eigenvalue weighted by Gasteiger charge is -2.28. The summed E-state index contributed by atoms with van der Waals surface area (Å²) in [5, 5.41) is 5.40. The van der Waals surface area contributed by atoms with Crippen molar-refractivity contribution in [2.75, 3.05) is 11.9 Å². The van der Waals surface area contributed by atoms with Crippen LogP contribution in [0.15, 0.2) is 54.2 Å². The van der Waals surface area contributed by atoms with E-state index in [9.17, 15) is 22.8 Å². The molecule has 1 fully saturated rings. The van der Waals surface area contributed by atoms with Gasteiger partial charge >= 0.3 is 12.1 Å². The molecule has 0 spiro atoms. The first-order valence-corrected chi connectivity index (χ1v) is 11.1. The molecule has 0 radical (unpaired) electrons. The van der Waals surface area contributed by atoms with Gasteiger partial charge in [-0.1, -0.05) is 35.3 Å². The molecule has 6 nitrogen and oxygen atoms in total. The van der Waals surface area contributed by atoms with Crippen LogP contribution in [0.2, 0.25) is 10.0 Å². The monoisotopic (exact) mass is 513 g/mol. The van der Waals surface area contributed by atoms with Crippen molar-refractivity contribution < 1.29 is 27.5 Å². The number of carbonyl (C=O) groups excluding carboxylic acids is 2. The van der Waals surface area contributed by atoms with E-state index in [1.54, 1.807) is 5.32 Å². The fourth-order valence-electron chi connectivity index (χ4n) is 4.06. The lowest BCUT2D eigenvalue weighted by Crippen LogP contribution is -2.41. The maximum absolute atomic E-state index is 12.6. The number of carbonyl (C=O) groups is 2. The summed E-state index contributed by atoms with van der Waals surface area (Å²) in [5.74, 6) is -2.69. The van der Waals surface area contributed by atoms with E-state index in [1.165, 1.54) is 12.1 Å². The second-order valence-corrected chi connectivity index (χ2v) is 8.97. The predicted octanol–water partition coefficient (Wildman–Crippen LogP) is 4.92. The molecule has 0 aromatic heterocycles. The molecule has 2 aliphatic rings. The quantitative estimate of drug-likeness (QED) is 0.551. The Morgan fingerprint density at radius 2 is 1.79 bits per heavy atom. The Labute approximate surface area is 203 Å². The fourth-order valence-corrected chi connectivity index (χ4v) is 4.36. The summed E-state index contributed by atoms with van der Waals surface area (Å²) < 4.78 is 43.1. The number of hydrogen-bond acceptors (Lipinski definition) is 4. The summed E-state index contributed by atoms with van der Waals surface area (Å²) in [4.78, 5) is 25.9. The van der Waals surface area contributed by atoms with Gasteiger partial charge in [0.05, 0.1) is 11.7 Å². The molecule has 34 heavy (non-hydrogen) atoms. The topological polar surface area (TPSA) is 70.7 Å². The highest BCUT2D eigenvalue weighted by molar-refractivity contribution is 6.31. The van der Waals surface area contributed by atoms with Crippen LogP contribution >= 0.6 is 23.2 Å². The zero-order valence-corrected chi connectivity index (χ0v) is 19.2. The average Bonchev–Trinajstić information content (AvgIpc) is 3.34. The minimum absolute atomic E-state index is 0.0987. The van der Waals surface area contributed by atoms with Gasteiger partial charge in [-0.2, -0.15) is 13.2 Å². The van der Waals surface area contributed by atoms with Crippen LogP contribution in [0.3, 0.4) is 0 Å². The molecule has 1 aliphatic heterocycles. The highest BCUT2D eigenvalue weighted by Gasteiger charge is 2.40. The van der Waals surface area contributed by atoms with Crippen LogP contribution in [-0.4, -0.2) is 41.6 Å². The number of alkyl halides is 3. The lowest BCUT2D eigenvalue weighted by molar-refractivity contribution is -0.167. The summed E-state index contributed by atoms with van der Waals surface area (Å²) in [6, 6.07) is 11.6. The van der Waals surface area contributed by atoms with Crippen molar-refractivity contribution >= 4 is 40.7 Å². The van der Waals surface area contributed by atoms with Crippen LogP contribution in [0.25, 0.3) is 0 Å². The molecule has 2 aromatic carbocycles. The van der Waals surface area contributed by atoms with Crippen molar-refractivity contribution in [1.82, 2.24) is 10.2 Å². The van der Waals surface area contributed by atoms with Crippen molar-refractivity contribution in [2.24, 2.45) is 0 Å². The molecule has 0 saturated heterocycles. The molecule has 2 N–H and O–H groups in total. The van der Waals surface area contributed by atoms with Crippen LogP contribution in [-0.2, 0) is 16.1 Å². The van der Waals surface area contributed by atoms with Crippen LogP contribution in [0.4, 0.5) is 18.9 Å². The Morgan fingerprint density at radius 3 is 2.44 bits per heavy atom. The van der Waals surface area contributed by atoms with Crippen LogP contribution in [0.1, 0.15) is 18.4 Å². The molecule has 2 amide bonds. The van der Waals surface area contributed by atoms with Gasteiger partial charge in [0.1, 0.15) is 5.75 Å². The fraction of sp³-hybridized carbons (Fsp3) is 0.304. The minimum Gasteiger partial charge on any atom is -0.482 e. The number of amides is 2. The van der Waals surface area contributed by atoms with E-state index in [0.717, 1.165) is 36.6 Å². The summed E-state index contributed by atoms with van der Waals surface area (Å²) in [7, 11) is 0. The highest BCUT2D eigenvalue weighted by atomic mass is 35.5. The molecule has 2 aromatic rings. The van der Waals surface area contributed by atoms with Gasteiger partial charge in [-0.05, 0) is 54.3 Å². The standard InChI is InChI=1S/C23H20Cl2F3N3O3/c24-15-3-1-13(2-4-15)10-31-11-14-7-17(31)9-18(14)29-21(32)12-34-20-6-5-16(25)8-19(20)30-22(33)23(26,27)28/h1-6,8,11,17-18H,7,9-10,12H2,(H,29,32)(H,30,33)/t17-,18+/m0/s1. The molecule has 0 unspecified atom stereocenters. The van der Waals surface area contributed by atoms with Gasteiger partial charge in [0.25, 0.3) is 5.91 Å². The Hall–Kier alpha value is -2.91. The van der Waals surface area contributed by atoms with Crippen molar-refractivity contribution in [1.29, 1.82) is 0 Å². The number of fused-ring (bicyclic) bond motifs is 2. The second-order valence-electron chi connectivity index (χ2n) is 8.10.